The van der Waals surface area contributed by atoms with E-state index in [1.54, 1.807) is 18.5 Å². The van der Waals surface area contributed by atoms with Crippen LogP contribution in [0.3, 0.4) is 0 Å². The normalized spacial score (nSPS) is 14.6. The second-order valence-corrected chi connectivity index (χ2v) is 4.34. The molecule has 2 N–H and O–H groups in total. The molecule has 0 saturated carbocycles. The summed E-state index contributed by atoms with van der Waals surface area (Å²) in [6.45, 7) is 1.11. The SMILES string of the molecule is Cc1nc2sccn2c1C(CN)C(F)(F)F. The Balaban J connectivity index is 2.60. The third-order valence-electron chi connectivity index (χ3n) is 2.44. The summed E-state index contributed by atoms with van der Waals surface area (Å²) in [6, 6.07) is 0. The van der Waals surface area contributed by atoms with E-state index in [0.29, 0.717) is 10.7 Å². The highest BCUT2D eigenvalue weighted by Crippen LogP contribution is 2.36. The van der Waals surface area contributed by atoms with E-state index in [1.807, 2.05) is 0 Å². The summed E-state index contributed by atoms with van der Waals surface area (Å²) in [7, 11) is 0. The Morgan fingerprint density at radius 2 is 2.25 bits per heavy atom. The first-order valence-corrected chi connectivity index (χ1v) is 5.52. The second kappa shape index (κ2) is 3.74. The third kappa shape index (κ3) is 1.69. The van der Waals surface area contributed by atoms with Crippen molar-refractivity contribution in [3.63, 3.8) is 0 Å². The number of imidazole rings is 1. The van der Waals surface area contributed by atoms with E-state index < -0.39 is 18.6 Å². The van der Waals surface area contributed by atoms with E-state index in [-0.39, 0.29) is 5.69 Å². The molecule has 0 aliphatic rings. The van der Waals surface area contributed by atoms with Crippen LogP contribution in [0.2, 0.25) is 0 Å². The maximum absolute atomic E-state index is 12.8. The third-order valence-corrected chi connectivity index (χ3v) is 3.20. The average molecular weight is 249 g/mol. The highest BCUT2D eigenvalue weighted by molar-refractivity contribution is 7.15. The molecule has 0 spiro atoms. The zero-order valence-corrected chi connectivity index (χ0v) is 9.27. The first-order valence-electron chi connectivity index (χ1n) is 4.64. The van der Waals surface area contributed by atoms with Gasteiger partial charge in [-0.3, -0.25) is 4.40 Å². The molecule has 1 unspecified atom stereocenters. The lowest BCUT2D eigenvalue weighted by atomic mass is 10.0. The number of rotatable bonds is 2. The molecular weight excluding hydrogens is 239 g/mol. The Hall–Kier alpha value is -1.08. The van der Waals surface area contributed by atoms with Crippen LogP contribution >= 0.6 is 11.3 Å². The number of aryl methyl sites for hydroxylation is 1. The van der Waals surface area contributed by atoms with Crippen LogP contribution in [-0.2, 0) is 0 Å². The van der Waals surface area contributed by atoms with E-state index in [9.17, 15) is 13.2 Å². The van der Waals surface area contributed by atoms with Gasteiger partial charge < -0.3 is 5.73 Å². The molecule has 3 nitrogen and oxygen atoms in total. The van der Waals surface area contributed by atoms with Crippen LogP contribution in [-0.4, -0.2) is 22.1 Å². The molecule has 0 fully saturated rings. The van der Waals surface area contributed by atoms with E-state index in [0.717, 1.165) is 0 Å². The number of fused-ring (bicyclic) bond motifs is 1. The monoisotopic (exact) mass is 249 g/mol. The topological polar surface area (TPSA) is 43.3 Å². The minimum atomic E-state index is -4.34. The van der Waals surface area contributed by atoms with Crippen LogP contribution in [0.25, 0.3) is 4.96 Å². The molecule has 16 heavy (non-hydrogen) atoms. The molecule has 88 valence electrons. The molecule has 0 radical (unpaired) electrons. The largest absolute Gasteiger partial charge is 0.398 e. The maximum atomic E-state index is 12.8. The Morgan fingerprint density at radius 3 is 2.81 bits per heavy atom. The zero-order valence-electron chi connectivity index (χ0n) is 8.45. The van der Waals surface area contributed by atoms with Crippen molar-refractivity contribution in [2.75, 3.05) is 6.54 Å². The summed E-state index contributed by atoms with van der Waals surface area (Å²) in [6.07, 6.45) is -2.75. The van der Waals surface area contributed by atoms with Gasteiger partial charge in [0.15, 0.2) is 4.96 Å². The fraction of sp³-hybridized carbons (Fsp3) is 0.444. The number of nitrogens with two attached hydrogens (primary N) is 1. The van der Waals surface area contributed by atoms with Crippen molar-refractivity contribution >= 4 is 16.3 Å². The number of hydrogen-bond donors (Lipinski definition) is 1. The van der Waals surface area contributed by atoms with Crippen molar-refractivity contribution < 1.29 is 13.2 Å². The van der Waals surface area contributed by atoms with Crippen LogP contribution < -0.4 is 5.73 Å². The molecule has 2 heterocycles. The fourth-order valence-electron chi connectivity index (χ4n) is 1.73. The smallest absolute Gasteiger partial charge is 0.329 e. The van der Waals surface area contributed by atoms with Crippen molar-refractivity contribution in [2.45, 2.75) is 19.0 Å². The standard InChI is InChI=1S/C9H10F3N3S/c1-5-7(6(4-13)9(10,11)12)15-2-3-16-8(15)14-5/h2-3,6H,4,13H2,1H3. The number of halogens is 3. The van der Waals surface area contributed by atoms with Crippen LogP contribution in [0.4, 0.5) is 13.2 Å². The Bertz CT molecular complexity index is 500. The van der Waals surface area contributed by atoms with Gasteiger partial charge in [0, 0.05) is 18.1 Å². The highest BCUT2D eigenvalue weighted by atomic mass is 32.1. The summed E-state index contributed by atoms with van der Waals surface area (Å²) < 4.78 is 39.8. The lowest BCUT2D eigenvalue weighted by Gasteiger charge is -2.18. The lowest BCUT2D eigenvalue weighted by molar-refractivity contribution is -0.149. The minimum absolute atomic E-state index is 0.145. The van der Waals surface area contributed by atoms with Gasteiger partial charge >= 0.3 is 6.18 Å². The first-order chi connectivity index (χ1) is 7.45. The predicted octanol–water partition coefficient (Wildman–Crippen LogP) is 2.31. The van der Waals surface area contributed by atoms with E-state index >= 15 is 0 Å². The van der Waals surface area contributed by atoms with Crippen molar-refractivity contribution in [1.82, 2.24) is 9.38 Å². The van der Waals surface area contributed by atoms with Crippen LogP contribution in [0.1, 0.15) is 17.3 Å². The summed E-state index contributed by atoms with van der Waals surface area (Å²) in [5.74, 6) is -1.66. The molecule has 0 amide bonds. The first kappa shape index (κ1) is 11.4. The van der Waals surface area contributed by atoms with Gasteiger partial charge in [-0.25, -0.2) is 4.98 Å². The Labute approximate surface area is 93.7 Å². The Morgan fingerprint density at radius 1 is 1.56 bits per heavy atom. The Kier molecular flexibility index (Phi) is 2.67. The lowest BCUT2D eigenvalue weighted by Crippen LogP contribution is -2.29. The van der Waals surface area contributed by atoms with Crippen molar-refractivity contribution in [1.29, 1.82) is 0 Å². The number of aromatic nitrogens is 2. The molecule has 7 heteroatoms. The van der Waals surface area contributed by atoms with Gasteiger partial charge in [-0.1, -0.05) is 0 Å². The van der Waals surface area contributed by atoms with Crippen LogP contribution in [0.15, 0.2) is 11.6 Å². The van der Waals surface area contributed by atoms with Crippen LogP contribution in [0, 0.1) is 6.92 Å². The number of thiazole rings is 1. The van der Waals surface area contributed by atoms with Gasteiger partial charge in [-0.2, -0.15) is 13.2 Å². The summed E-state index contributed by atoms with van der Waals surface area (Å²) >= 11 is 1.30. The molecule has 0 aromatic carbocycles. The molecular formula is C9H10F3N3S. The summed E-state index contributed by atoms with van der Waals surface area (Å²) in [5, 5.41) is 1.70. The van der Waals surface area contributed by atoms with Crippen molar-refractivity contribution in [2.24, 2.45) is 5.73 Å². The molecule has 0 saturated heterocycles. The van der Waals surface area contributed by atoms with E-state index in [2.05, 4.69) is 4.98 Å². The minimum Gasteiger partial charge on any atom is -0.329 e. The quantitative estimate of drug-likeness (QED) is 0.887. The van der Waals surface area contributed by atoms with Crippen LogP contribution in [0.5, 0.6) is 0 Å². The summed E-state index contributed by atoms with van der Waals surface area (Å²) in [5.41, 5.74) is 5.75. The van der Waals surface area contributed by atoms with Gasteiger partial charge in [0.25, 0.3) is 0 Å². The molecule has 0 aliphatic heterocycles. The fourth-order valence-corrected chi connectivity index (χ4v) is 2.50. The van der Waals surface area contributed by atoms with E-state index in [1.165, 1.54) is 15.7 Å². The van der Waals surface area contributed by atoms with Gasteiger partial charge in [-0.15, -0.1) is 11.3 Å². The average Bonchev–Trinajstić information content (AvgIpc) is 2.68. The molecule has 2 aromatic heterocycles. The van der Waals surface area contributed by atoms with Gasteiger partial charge in [0.2, 0.25) is 0 Å². The maximum Gasteiger partial charge on any atom is 0.398 e. The van der Waals surface area contributed by atoms with E-state index in [4.69, 9.17) is 5.73 Å². The highest BCUT2D eigenvalue weighted by Gasteiger charge is 2.42. The number of nitrogens with zero attached hydrogens (tertiary/aromatic N) is 2. The molecule has 1 atom stereocenters. The molecule has 0 aliphatic carbocycles. The number of hydrogen-bond acceptors (Lipinski definition) is 3. The number of alkyl halides is 3. The van der Waals surface area contributed by atoms with Gasteiger partial charge in [0.05, 0.1) is 11.4 Å². The molecule has 2 aromatic rings. The zero-order chi connectivity index (χ0) is 11.9. The second-order valence-electron chi connectivity index (χ2n) is 3.47. The predicted molar refractivity (Wildman–Crippen MR) is 55.7 cm³/mol. The summed E-state index contributed by atoms with van der Waals surface area (Å²) in [4.78, 5) is 4.65. The van der Waals surface area contributed by atoms with Crippen molar-refractivity contribution in [3.8, 4) is 0 Å². The van der Waals surface area contributed by atoms with Crippen molar-refractivity contribution in [3.05, 3.63) is 23.0 Å². The van der Waals surface area contributed by atoms with Gasteiger partial charge in [0.1, 0.15) is 5.92 Å². The molecule has 0 bridgehead atoms. The van der Waals surface area contributed by atoms with Gasteiger partial charge in [-0.05, 0) is 6.92 Å². The molecule has 2 rings (SSSR count).